The van der Waals surface area contributed by atoms with Gasteiger partial charge in [0.2, 0.25) is 5.91 Å². The summed E-state index contributed by atoms with van der Waals surface area (Å²) in [4.78, 5) is 36.6. The van der Waals surface area contributed by atoms with Gasteiger partial charge in [-0.2, -0.15) is 0 Å². The summed E-state index contributed by atoms with van der Waals surface area (Å²) in [5, 5.41) is 2.43. The maximum Gasteiger partial charge on any atom is 0.328 e. The fourth-order valence-corrected chi connectivity index (χ4v) is 3.06. The molecular formula is C11H16N2O4S. The number of carbonyl (C=O) groups is 3. The van der Waals surface area contributed by atoms with Crippen LogP contribution in [0.25, 0.3) is 0 Å². The van der Waals surface area contributed by atoms with Crippen LogP contribution in [0.3, 0.4) is 0 Å². The molecule has 0 saturated carbocycles. The Hall–Kier alpha value is -1.24. The van der Waals surface area contributed by atoms with Gasteiger partial charge in [-0.1, -0.05) is 11.8 Å². The topological polar surface area (TPSA) is 75.7 Å². The normalized spacial score (nSPS) is 27.8. The SMILES string of the molecule is COC(=O)C1CCCCN1C(=O)C1CSC(=O)N1. The molecule has 2 aliphatic rings. The molecule has 0 aliphatic carbocycles. The van der Waals surface area contributed by atoms with Gasteiger partial charge in [0.15, 0.2) is 0 Å². The summed E-state index contributed by atoms with van der Waals surface area (Å²) in [7, 11) is 1.33. The Morgan fingerprint density at radius 1 is 1.44 bits per heavy atom. The molecule has 2 saturated heterocycles. The fraction of sp³-hybridized carbons (Fsp3) is 0.727. The van der Waals surface area contributed by atoms with Crippen LogP contribution in [-0.2, 0) is 14.3 Å². The Kier molecular flexibility index (Phi) is 4.11. The lowest BCUT2D eigenvalue weighted by molar-refractivity contribution is -0.155. The van der Waals surface area contributed by atoms with Crippen LogP contribution < -0.4 is 5.32 Å². The third kappa shape index (κ3) is 2.60. The van der Waals surface area contributed by atoms with Gasteiger partial charge in [0.1, 0.15) is 12.1 Å². The van der Waals surface area contributed by atoms with Crippen molar-refractivity contribution < 1.29 is 19.1 Å². The van der Waals surface area contributed by atoms with Crippen LogP contribution >= 0.6 is 11.8 Å². The van der Waals surface area contributed by atoms with Crippen molar-refractivity contribution in [1.82, 2.24) is 10.2 Å². The lowest BCUT2D eigenvalue weighted by Crippen LogP contribution is -2.54. The van der Waals surface area contributed by atoms with E-state index in [0.29, 0.717) is 18.7 Å². The summed E-state index contributed by atoms with van der Waals surface area (Å²) in [5.74, 6) is -0.120. The number of piperidine rings is 1. The third-order valence-electron chi connectivity index (χ3n) is 3.23. The number of thioether (sulfide) groups is 1. The summed E-state index contributed by atoms with van der Waals surface area (Å²) in [6.07, 6.45) is 2.43. The number of hydrogen-bond donors (Lipinski definition) is 1. The zero-order chi connectivity index (χ0) is 13.1. The Bertz CT molecular complexity index is 374. The van der Waals surface area contributed by atoms with E-state index < -0.39 is 12.1 Å². The second-order valence-corrected chi connectivity index (χ2v) is 5.35. The van der Waals surface area contributed by atoms with Crippen LogP contribution in [0.2, 0.25) is 0 Å². The molecule has 0 radical (unpaired) electrons. The van der Waals surface area contributed by atoms with Gasteiger partial charge in [0.25, 0.3) is 5.24 Å². The van der Waals surface area contributed by atoms with Gasteiger partial charge in [-0.15, -0.1) is 0 Å². The number of nitrogens with zero attached hydrogens (tertiary/aromatic N) is 1. The van der Waals surface area contributed by atoms with E-state index in [1.165, 1.54) is 7.11 Å². The summed E-state index contributed by atoms with van der Waals surface area (Å²) < 4.78 is 4.73. The highest BCUT2D eigenvalue weighted by atomic mass is 32.2. The van der Waals surface area contributed by atoms with E-state index in [2.05, 4.69) is 5.32 Å². The molecule has 18 heavy (non-hydrogen) atoms. The number of hydrogen-bond acceptors (Lipinski definition) is 5. The van der Waals surface area contributed by atoms with Gasteiger partial charge in [0.05, 0.1) is 7.11 Å². The second-order valence-electron chi connectivity index (χ2n) is 4.36. The van der Waals surface area contributed by atoms with Gasteiger partial charge in [-0.3, -0.25) is 9.59 Å². The van der Waals surface area contributed by atoms with E-state index >= 15 is 0 Å². The Morgan fingerprint density at radius 2 is 2.22 bits per heavy atom. The van der Waals surface area contributed by atoms with Crippen molar-refractivity contribution in [1.29, 1.82) is 0 Å². The zero-order valence-electron chi connectivity index (χ0n) is 10.2. The second kappa shape index (κ2) is 5.60. The molecule has 1 N–H and O–H groups in total. The van der Waals surface area contributed by atoms with Crippen LogP contribution in [0.4, 0.5) is 4.79 Å². The van der Waals surface area contributed by atoms with Crippen molar-refractivity contribution in [3.63, 3.8) is 0 Å². The number of carbonyl (C=O) groups excluding carboxylic acids is 3. The monoisotopic (exact) mass is 272 g/mol. The molecule has 2 unspecified atom stereocenters. The van der Waals surface area contributed by atoms with E-state index in [1.807, 2.05) is 0 Å². The standard InChI is InChI=1S/C11H16N2O4S/c1-17-10(15)8-4-2-3-5-13(8)9(14)7-6-18-11(16)12-7/h7-8H,2-6H2,1H3,(H,12,16). The molecule has 2 atom stereocenters. The highest BCUT2D eigenvalue weighted by molar-refractivity contribution is 8.14. The molecule has 0 spiro atoms. The van der Waals surface area contributed by atoms with Crippen LogP contribution in [-0.4, -0.2) is 53.5 Å². The first-order valence-electron chi connectivity index (χ1n) is 5.95. The lowest BCUT2D eigenvalue weighted by Gasteiger charge is -2.35. The molecule has 0 aromatic carbocycles. The molecule has 0 aromatic heterocycles. The van der Waals surface area contributed by atoms with Gasteiger partial charge >= 0.3 is 5.97 Å². The van der Waals surface area contributed by atoms with Crippen LogP contribution in [0.1, 0.15) is 19.3 Å². The molecule has 2 amide bonds. The van der Waals surface area contributed by atoms with E-state index in [0.717, 1.165) is 24.6 Å². The first-order valence-corrected chi connectivity index (χ1v) is 6.93. The molecular weight excluding hydrogens is 256 g/mol. The average molecular weight is 272 g/mol. The highest BCUT2D eigenvalue weighted by Crippen LogP contribution is 2.22. The van der Waals surface area contributed by atoms with E-state index in [4.69, 9.17) is 4.74 Å². The molecule has 2 fully saturated rings. The summed E-state index contributed by atoms with van der Waals surface area (Å²) >= 11 is 1.10. The first-order chi connectivity index (χ1) is 8.63. The minimum absolute atomic E-state index is 0.177. The van der Waals surface area contributed by atoms with Gasteiger partial charge in [0, 0.05) is 12.3 Å². The molecule has 2 aliphatic heterocycles. The summed E-state index contributed by atoms with van der Waals surface area (Å²) in [6, 6.07) is -1.01. The number of ether oxygens (including phenoxy) is 1. The van der Waals surface area contributed by atoms with Crippen molar-refractivity contribution >= 4 is 28.9 Å². The molecule has 2 heterocycles. The fourth-order valence-electron chi connectivity index (χ4n) is 2.29. The number of amides is 2. The summed E-state index contributed by atoms with van der Waals surface area (Å²) in [5.41, 5.74) is 0. The predicted octanol–water partition coefficient (Wildman–Crippen LogP) is 0.365. The van der Waals surface area contributed by atoms with Crippen LogP contribution in [0.15, 0.2) is 0 Å². The van der Waals surface area contributed by atoms with E-state index in [9.17, 15) is 14.4 Å². The number of rotatable bonds is 2. The number of likely N-dealkylation sites (tertiary alicyclic amines) is 1. The number of esters is 1. The van der Waals surface area contributed by atoms with Crippen LogP contribution in [0.5, 0.6) is 0 Å². The Balaban J connectivity index is 2.06. The molecule has 0 bridgehead atoms. The average Bonchev–Trinajstić information content (AvgIpc) is 2.83. The summed E-state index contributed by atoms with van der Waals surface area (Å²) in [6.45, 7) is 0.551. The smallest absolute Gasteiger partial charge is 0.328 e. The van der Waals surface area contributed by atoms with Crippen molar-refractivity contribution in [2.24, 2.45) is 0 Å². The Labute approximate surface area is 109 Å². The maximum atomic E-state index is 12.3. The van der Waals surface area contributed by atoms with Crippen molar-refractivity contribution in [2.75, 3.05) is 19.4 Å². The minimum Gasteiger partial charge on any atom is -0.467 e. The lowest BCUT2D eigenvalue weighted by atomic mass is 10.0. The molecule has 2 rings (SSSR count). The van der Waals surface area contributed by atoms with Gasteiger partial charge < -0.3 is 15.0 Å². The quantitative estimate of drug-likeness (QED) is 0.735. The molecule has 0 aromatic rings. The third-order valence-corrected chi connectivity index (χ3v) is 4.11. The van der Waals surface area contributed by atoms with E-state index in [1.54, 1.807) is 4.90 Å². The van der Waals surface area contributed by atoms with Crippen molar-refractivity contribution in [3.05, 3.63) is 0 Å². The first kappa shape index (κ1) is 13.2. The van der Waals surface area contributed by atoms with Crippen molar-refractivity contribution in [3.8, 4) is 0 Å². The molecule has 7 heteroatoms. The predicted molar refractivity (Wildman–Crippen MR) is 66.1 cm³/mol. The maximum absolute atomic E-state index is 12.3. The molecule has 6 nitrogen and oxygen atoms in total. The van der Waals surface area contributed by atoms with Gasteiger partial charge in [-0.05, 0) is 19.3 Å². The number of nitrogens with one attached hydrogen (secondary N) is 1. The Morgan fingerprint density at radius 3 is 2.83 bits per heavy atom. The van der Waals surface area contributed by atoms with E-state index in [-0.39, 0.29) is 17.1 Å². The largest absolute Gasteiger partial charge is 0.467 e. The van der Waals surface area contributed by atoms with Crippen molar-refractivity contribution in [2.45, 2.75) is 31.3 Å². The van der Waals surface area contributed by atoms with Crippen LogP contribution in [0, 0.1) is 0 Å². The van der Waals surface area contributed by atoms with Gasteiger partial charge in [-0.25, -0.2) is 4.79 Å². The zero-order valence-corrected chi connectivity index (χ0v) is 11.0. The highest BCUT2D eigenvalue weighted by Gasteiger charge is 2.38. The molecule has 100 valence electrons. The minimum atomic E-state index is -0.507. The number of methoxy groups -OCH3 is 1.